The summed E-state index contributed by atoms with van der Waals surface area (Å²) in [4.78, 5) is 2.16. The second kappa shape index (κ2) is 7.07. The van der Waals surface area contributed by atoms with E-state index in [1.54, 1.807) is 0 Å². The molecule has 16 heavy (non-hydrogen) atoms. The van der Waals surface area contributed by atoms with Crippen LogP contribution in [0, 0.1) is 0 Å². The van der Waals surface area contributed by atoms with Gasteiger partial charge in [-0.25, -0.2) is 0 Å². The second-order valence-electron chi connectivity index (χ2n) is 4.14. The van der Waals surface area contributed by atoms with Crippen LogP contribution in [0.3, 0.4) is 0 Å². The zero-order valence-electron chi connectivity index (χ0n) is 10.3. The highest BCUT2D eigenvalue weighted by Crippen LogP contribution is 2.12. The molecule has 0 atom stereocenters. The fourth-order valence-electron chi connectivity index (χ4n) is 1.46. The minimum atomic E-state index is 0.777. The molecule has 0 aromatic heterocycles. The zero-order chi connectivity index (χ0) is 11.8. The molecule has 0 aliphatic carbocycles. The summed E-state index contributed by atoms with van der Waals surface area (Å²) in [5.41, 5.74) is 1.27. The number of rotatable bonds is 7. The van der Waals surface area contributed by atoms with Crippen molar-refractivity contribution in [2.45, 2.75) is 12.8 Å². The average Bonchev–Trinajstić information content (AvgIpc) is 2.27. The summed E-state index contributed by atoms with van der Waals surface area (Å²) in [6.07, 6.45) is 3.88. The van der Waals surface area contributed by atoms with Crippen molar-refractivity contribution in [3.8, 4) is 5.75 Å². The molecule has 0 fully saturated rings. The van der Waals surface area contributed by atoms with Crippen LogP contribution in [0.5, 0.6) is 5.75 Å². The van der Waals surface area contributed by atoms with Crippen LogP contribution in [0.15, 0.2) is 36.9 Å². The van der Waals surface area contributed by atoms with Gasteiger partial charge in [0.2, 0.25) is 0 Å². The van der Waals surface area contributed by atoms with Gasteiger partial charge in [0.1, 0.15) is 5.75 Å². The third-order valence-electron chi connectivity index (χ3n) is 2.32. The molecule has 1 rings (SSSR count). The molecule has 0 aliphatic heterocycles. The lowest BCUT2D eigenvalue weighted by Gasteiger charge is -2.10. The van der Waals surface area contributed by atoms with E-state index >= 15 is 0 Å². The summed E-state index contributed by atoms with van der Waals surface area (Å²) < 4.78 is 5.64. The molecule has 0 heterocycles. The first-order valence-electron chi connectivity index (χ1n) is 5.69. The summed E-state index contributed by atoms with van der Waals surface area (Å²) in [6.45, 7) is 5.56. The minimum Gasteiger partial charge on any atom is -0.494 e. The average molecular weight is 219 g/mol. The number of hydrogen-bond donors (Lipinski definition) is 0. The molecule has 0 amide bonds. The fourth-order valence-corrected chi connectivity index (χ4v) is 1.46. The van der Waals surface area contributed by atoms with Crippen molar-refractivity contribution in [3.63, 3.8) is 0 Å². The maximum Gasteiger partial charge on any atom is 0.119 e. The van der Waals surface area contributed by atoms with Gasteiger partial charge < -0.3 is 9.64 Å². The summed E-state index contributed by atoms with van der Waals surface area (Å²) in [7, 11) is 4.15. The first kappa shape index (κ1) is 12.8. The van der Waals surface area contributed by atoms with Crippen molar-refractivity contribution in [2.75, 3.05) is 27.2 Å². The summed E-state index contributed by atoms with van der Waals surface area (Å²) in [6, 6.07) is 8.22. The highest BCUT2D eigenvalue weighted by Gasteiger charge is 1.95. The Balaban J connectivity index is 2.29. The first-order chi connectivity index (χ1) is 7.72. The lowest BCUT2D eigenvalue weighted by molar-refractivity contribution is 0.281. The molecule has 0 N–H and O–H groups in total. The van der Waals surface area contributed by atoms with Crippen LogP contribution in [0.4, 0.5) is 0 Å². The molecular formula is C14H21NO. The van der Waals surface area contributed by atoms with Crippen LogP contribution in [-0.4, -0.2) is 32.1 Å². The van der Waals surface area contributed by atoms with Gasteiger partial charge >= 0.3 is 0 Å². The quantitative estimate of drug-likeness (QED) is 0.516. The molecule has 0 saturated carbocycles. The van der Waals surface area contributed by atoms with E-state index in [0.717, 1.165) is 31.7 Å². The van der Waals surface area contributed by atoms with Crippen LogP contribution in [-0.2, 0) is 6.42 Å². The molecular weight excluding hydrogens is 198 g/mol. The molecule has 0 radical (unpaired) electrons. The molecule has 0 saturated heterocycles. The fraction of sp³-hybridized carbons (Fsp3) is 0.429. The maximum absolute atomic E-state index is 5.64. The minimum absolute atomic E-state index is 0.777. The Bertz CT molecular complexity index is 303. The monoisotopic (exact) mass is 219 g/mol. The van der Waals surface area contributed by atoms with Crippen LogP contribution in [0.1, 0.15) is 12.0 Å². The Kier molecular flexibility index (Phi) is 5.65. The molecule has 0 spiro atoms. The van der Waals surface area contributed by atoms with E-state index in [9.17, 15) is 0 Å². The van der Waals surface area contributed by atoms with Crippen LogP contribution in [0.2, 0.25) is 0 Å². The van der Waals surface area contributed by atoms with E-state index in [2.05, 4.69) is 37.7 Å². The van der Waals surface area contributed by atoms with Gasteiger partial charge in [-0.05, 0) is 44.6 Å². The Morgan fingerprint density at radius 2 is 1.94 bits per heavy atom. The number of benzene rings is 1. The van der Waals surface area contributed by atoms with Gasteiger partial charge in [-0.1, -0.05) is 18.2 Å². The Labute approximate surface area is 98.5 Å². The third kappa shape index (κ3) is 4.99. The molecule has 1 aromatic carbocycles. The van der Waals surface area contributed by atoms with Crippen molar-refractivity contribution in [3.05, 3.63) is 42.5 Å². The molecule has 0 unspecified atom stereocenters. The SMILES string of the molecule is C=CCc1ccc(OCCCN(C)C)cc1. The van der Waals surface area contributed by atoms with Crippen molar-refractivity contribution in [2.24, 2.45) is 0 Å². The number of nitrogens with zero attached hydrogens (tertiary/aromatic N) is 1. The Morgan fingerprint density at radius 1 is 1.25 bits per heavy atom. The molecule has 88 valence electrons. The number of ether oxygens (including phenoxy) is 1. The van der Waals surface area contributed by atoms with Crippen molar-refractivity contribution >= 4 is 0 Å². The van der Waals surface area contributed by atoms with E-state index < -0.39 is 0 Å². The first-order valence-corrected chi connectivity index (χ1v) is 5.69. The van der Waals surface area contributed by atoms with Gasteiger partial charge in [0.15, 0.2) is 0 Å². The topological polar surface area (TPSA) is 12.5 Å². The second-order valence-corrected chi connectivity index (χ2v) is 4.14. The molecule has 0 aliphatic rings. The highest BCUT2D eigenvalue weighted by molar-refractivity contribution is 5.28. The van der Waals surface area contributed by atoms with E-state index in [-0.39, 0.29) is 0 Å². The van der Waals surface area contributed by atoms with E-state index in [1.807, 2.05) is 18.2 Å². The van der Waals surface area contributed by atoms with Gasteiger partial charge in [-0.3, -0.25) is 0 Å². The molecule has 2 heteroatoms. The van der Waals surface area contributed by atoms with Crippen LogP contribution >= 0.6 is 0 Å². The van der Waals surface area contributed by atoms with E-state index in [0.29, 0.717) is 0 Å². The van der Waals surface area contributed by atoms with Crippen LogP contribution in [0.25, 0.3) is 0 Å². The number of hydrogen-bond acceptors (Lipinski definition) is 2. The van der Waals surface area contributed by atoms with Gasteiger partial charge in [-0.2, -0.15) is 0 Å². The van der Waals surface area contributed by atoms with Crippen LogP contribution < -0.4 is 4.74 Å². The molecule has 2 nitrogen and oxygen atoms in total. The van der Waals surface area contributed by atoms with Gasteiger partial charge in [0.05, 0.1) is 6.61 Å². The predicted molar refractivity (Wildman–Crippen MR) is 69.0 cm³/mol. The van der Waals surface area contributed by atoms with Gasteiger partial charge in [0, 0.05) is 6.54 Å². The summed E-state index contributed by atoms with van der Waals surface area (Å²) >= 11 is 0. The van der Waals surface area contributed by atoms with Crippen molar-refractivity contribution < 1.29 is 4.74 Å². The standard InChI is InChI=1S/C14H21NO/c1-4-6-13-7-9-14(10-8-13)16-12-5-11-15(2)3/h4,7-10H,1,5-6,11-12H2,2-3H3. The Morgan fingerprint density at radius 3 is 2.50 bits per heavy atom. The van der Waals surface area contributed by atoms with Crippen molar-refractivity contribution in [1.82, 2.24) is 4.90 Å². The smallest absolute Gasteiger partial charge is 0.119 e. The molecule has 0 bridgehead atoms. The summed E-state index contributed by atoms with van der Waals surface area (Å²) in [5.74, 6) is 0.951. The summed E-state index contributed by atoms with van der Waals surface area (Å²) in [5, 5.41) is 0. The van der Waals surface area contributed by atoms with Gasteiger partial charge in [-0.15, -0.1) is 6.58 Å². The number of allylic oxidation sites excluding steroid dienone is 1. The molecule has 1 aromatic rings. The highest BCUT2D eigenvalue weighted by atomic mass is 16.5. The Hall–Kier alpha value is -1.28. The van der Waals surface area contributed by atoms with Crippen molar-refractivity contribution in [1.29, 1.82) is 0 Å². The maximum atomic E-state index is 5.64. The van der Waals surface area contributed by atoms with E-state index in [1.165, 1.54) is 5.56 Å². The van der Waals surface area contributed by atoms with E-state index in [4.69, 9.17) is 4.74 Å². The normalized spacial score (nSPS) is 10.4. The zero-order valence-corrected chi connectivity index (χ0v) is 10.3. The lowest BCUT2D eigenvalue weighted by atomic mass is 10.1. The third-order valence-corrected chi connectivity index (χ3v) is 2.32. The predicted octanol–water partition coefficient (Wildman–Crippen LogP) is 2.75. The lowest BCUT2D eigenvalue weighted by Crippen LogP contribution is -2.15. The largest absolute Gasteiger partial charge is 0.494 e. The van der Waals surface area contributed by atoms with Gasteiger partial charge in [0.25, 0.3) is 0 Å².